The Bertz CT molecular complexity index is 1040. The van der Waals surface area contributed by atoms with Gasteiger partial charge in [-0.15, -0.1) is 5.10 Å². The summed E-state index contributed by atoms with van der Waals surface area (Å²) in [5, 5.41) is 13.0. The van der Waals surface area contributed by atoms with Crippen LogP contribution in [-0.4, -0.2) is 45.6 Å². The van der Waals surface area contributed by atoms with Crippen molar-refractivity contribution in [2.75, 3.05) is 6.61 Å². The van der Waals surface area contributed by atoms with Crippen molar-refractivity contribution >= 4 is 28.9 Å². The van der Waals surface area contributed by atoms with Gasteiger partial charge in [-0.2, -0.15) is 0 Å². The van der Waals surface area contributed by atoms with Crippen molar-refractivity contribution in [3.05, 3.63) is 59.7 Å². The second-order valence-corrected chi connectivity index (χ2v) is 6.84. The zero-order chi connectivity index (χ0) is 21.5. The quantitative estimate of drug-likeness (QED) is 0.579. The predicted octanol–water partition coefficient (Wildman–Crippen LogP) is 2.26. The second kappa shape index (κ2) is 9.64. The molecule has 0 unspecified atom stereocenters. The van der Waals surface area contributed by atoms with Crippen LogP contribution in [0.5, 0.6) is 0 Å². The van der Waals surface area contributed by atoms with E-state index in [4.69, 9.17) is 4.74 Å². The van der Waals surface area contributed by atoms with Crippen molar-refractivity contribution in [2.45, 2.75) is 32.9 Å². The third-order valence-corrected chi connectivity index (χ3v) is 4.52. The number of aromatic nitrogens is 3. The normalized spacial score (nSPS) is 11.7. The van der Waals surface area contributed by atoms with E-state index in [1.165, 1.54) is 0 Å². The van der Waals surface area contributed by atoms with E-state index >= 15 is 0 Å². The monoisotopic (exact) mass is 409 g/mol. The van der Waals surface area contributed by atoms with Gasteiger partial charge in [0.05, 0.1) is 17.6 Å². The molecule has 3 amide bonds. The Hall–Kier alpha value is -3.75. The Labute approximate surface area is 173 Å². The summed E-state index contributed by atoms with van der Waals surface area (Å²) < 4.78 is 6.74. The molecule has 3 rings (SSSR count). The SMILES string of the molecule is CC[C@H](C)NC(=O)NC(=O)COC(=O)c1ccc(Cn2nnc3ccccc32)cc1. The summed E-state index contributed by atoms with van der Waals surface area (Å²) in [6.45, 7) is 3.69. The molecule has 3 aromatic rings. The van der Waals surface area contributed by atoms with Crippen LogP contribution in [-0.2, 0) is 16.1 Å². The number of carbonyl (C=O) groups is 3. The van der Waals surface area contributed by atoms with Crippen molar-refractivity contribution in [1.29, 1.82) is 0 Å². The molecule has 1 heterocycles. The molecule has 0 saturated heterocycles. The first kappa shape index (κ1) is 21.0. The maximum Gasteiger partial charge on any atom is 0.338 e. The minimum atomic E-state index is -0.696. The van der Waals surface area contributed by atoms with Gasteiger partial charge in [0.25, 0.3) is 5.91 Å². The number of rotatable bonds is 7. The molecule has 0 fully saturated rings. The molecule has 0 saturated carbocycles. The molecule has 0 spiro atoms. The fraction of sp³-hybridized carbons (Fsp3) is 0.286. The lowest BCUT2D eigenvalue weighted by Gasteiger charge is -2.11. The van der Waals surface area contributed by atoms with E-state index in [1.54, 1.807) is 28.9 Å². The summed E-state index contributed by atoms with van der Waals surface area (Å²) in [4.78, 5) is 35.5. The third-order valence-electron chi connectivity index (χ3n) is 4.52. The van der Waals surface area contributed by atoms with Crippen LogP contribution < -0.4 is 10.6 Å². The van der Waals surface area contributed by atoms with Gasteiger partial charge in [-0.1, -0.05) is 36.4 Å². The van der Waals surface area contributed by atoms with Crippen LogP contribution in [0, 0.1) is 0 Å². The Kier molecular flexibility index (Phi) is 6.74. The Morgan fingerprint density at radius 2 is 1.83 bits per heavy atom. The van der Waals surface area contributed by atoms with E-state index in [0.717, 1.165) is 23.0 Å². The van der Waals surface area contributed by atoms with Gasteiger partial charge in [0, 0.05) is 6.04 Å². The van der Waals surface area contributed by atoms with Crippen molar-refractivity contribution in [3.63, 3.8) is 0 Å². The topological polar surface area (TPSA) is 115 Å². The molecule has 9 nitrogen and oxygen atoms in total. The molecule has 0 radical (unpaired) electrons. The van der Waals surface area contributed by atoms with E-state index in [0.29, 0.717) is 12.1 Å². The maximum absolute atomic E-state index is 12.1. The van der Waals surface area contributed by atoms with Gasteiger partial charge >= 0.3 is 12.0 Å². The average Bonchev–Trinajstić information content (AvgIpc) is 3.15. The standard InChI is InChI=1S/C21H23N5O4/c1-3-14(2)22-21(29)23-19(27)13-30-20(28)16-10-8-15(9-11-16)12-26-18-7-5-4-6-17(18)24-25-26/h4-11,14H,3,12-13H2,1-2H3,(H2,22,23,27,29)/t14-/m0/s1. The van der Waals surface area contributed by atoms with E-state index in [-0.39, 0.29) is 6.04 Å². The van der Waals surface area contributed by atoms with Gasteiger partial charge in [-0.05, 0) is 43.2 Å². The molecule has 2 N–H and O–H groups in total. The average molecular weight is 409 g/mol. The van der Waals surface area contributed by atoms with E-state index in [2.05, 4.69) is 20.9 Å². The number of amides is 3. The molecule has 156 valence electrons. The number of hydrogen-bond acceptors (Lipinski definition) is 6. The minimum Gasteiger partial charge on any atom is -0.452 e. The maximum atomic E-state index is 12.1. The molecule has 9 heteroatoms. The zero-order valence-corrected chi connectivity index (χ0v) is 16.8. The Morgan fingerprint density at radius 1 is 1.10 bits per heavy atom. The number of esters is 1. The highest BCUT2D eigenvalue weighted by molar-refractivity contribution is 5.97. The summed E-state index contributed by atoms with van der Waals surface area (Å²) in [6, 6.07) is 13.8. The summed E-state index contributed by atoms with van der Waals surface area (Å²) in [7, 11) is 0. The van der Waals surface area contributed by atoms with Crippen molar-refractivity contribution < 1.29 is 19.1 Å². The summed E-state index contributed by atoms with van der Waals surface area (Å²) in [5.74, 6) is -1.34. The lowest BCUT2D eigenvalue weighted by Crippen LogP contribution is -2.44. The number of fused-ring (bicyclic) bond motifs is 1. The minimum absolute atomic E-state index is 0.0608. The number of ether oxygens (including phenoxy) is 1. The first-order valence-corrected chi connectivity index (χ1v) is 9.61. The van der Waals surface area contributed by atoms with E-state index in [9.17, 15) is 14.4 Å². The number of hydrogen-bond donors (Lipinski definition) is 2. The van der Waals surface area contributed by atoms with Crippen LogP contribution in [0.15, 0.2) is 48.5 Å². The number of nitrogens with one attached hydrogen (secondary N) is 2. The molecule has 0 aliphatic carbocycles. The van der Waals surface area contributed by atoms with Crippen LogP contribution in [0.3, 0.4) is 0 Å². The second-order valence-electron chi connectivity index (χ2n) is 6.84. The lowest BCUT2D eigenvalue weighted by molar-refractivity contribution is -0.123. The number of benzene rings is 2. The van der Waals surface area contributed by atoms with Crippen molar-refractivity contribution in [2.24, 2.45) is 0 Å². The van der Waals surface area contributed by atoms with Gasteiger partial charge in [-0.3, -0.25) is 10.1 Å². The number of imide groups is 1. The van der Waals surface area contributed by atoms with Crippen molar-refractivity contribution in [3.8, 4) is 0 Å². The van der Waals surface area contributed by atoms with E-state index < -0.39 is 24.5 Å². The first-order valence-electron chi connectivity index (χ1n) is 9.61. The predicted molar refractivity (Wildman–Crippen MR) is 110 cm³/mol. The van der Waals surface area contributed by atoms with Crippen LogP contribution in [0.4, 0.5) is 4.79 Å². The summed E-state index contributed by atoms with van der Waals surface area (Å²) in [5.41, 5.74) is 2.97. The summed E-state index contributed by atoms with van der Waals surface area (Å²) in [6.07, 6.45) is 0.736. The highest BCUT2D eigenvalue weighted by atomic mass is 16.5. The molecular weight excluding hydrogens is 386 g/mol. The molecule has 1 aromatic heterocycles. The largest absolute Gasteiger partial charge is 0.452 e. The Morgan fingerprint density at radius 3 is 2.57 bits per heavy atom. The number of para-hydroxylation sites is 1. The highest BCUT2D eigenvalue weighted by Crippen LogP contribution is 2.13. The van der Waals surface area contributed by atoms with E-state index in [1.807, 2.05) is 38.1 Å². The molecule has 0 aliphatic heterocycles. The van der Waals surface area contributed by atoms with Gasteiger partial charge in [0.1, 0.15) is 5.52 Å². The molecule has 30 heavy (non-hydrogen) atoms. The molecular formula is C21H23N5O4. The third kappa shape index (κ3) is 5.40. The van der Waals surface area contributed by atoms with Crippen LogP contribution in [0.25, 0.3) is 11.0 Å². The van der Waals surface area contributed by atoms with Crippen LogP contribution in [0.1, 0.15) is 36.2 Å². The van der Waals surface area contributed by atoms with Gasteiger partial charge in [0.2, 0.25) is 0 Å². The fourth-order valence-corrected chi connectivity index (χ4v) is 2.69. The van der Waals surface area contributed by atoms with Crippen LogP contribution in [0.2, 0.25) is 0 Å². The van der Waals surface area contributed by atoms with Gasteiger partial charge < -0.3 is 10.1 Å². The van der Waals surface area contributed by atoms with Crippen LogP contribution >= 0.6 is 0 Å². The molecule has 2 aromatic carbocycles. The molecule has 0 bridgehead atoms. The molecule has 1 atom stereocenters. The van der Waals surface area contributed by atoms with Gasteiger partial charge in [0.15, 0.2) is 6.61 Å². The fourth-order valence-electron chi connectivity index (χ4n) is 2.69. The smallest absolute Gasteiger partial charge is 0.338 e. The van der Waals surface area contributed by atoms with Crippen molar-refractivity contribution in [1.82, 2.24) is 25.6 Å². The highest BCUT2D eigenvalue weighted by Gasteiger charge is 2.14. The first-order chi connectivity index (χ1) is 14.5. The lowest BCUT2D eigenvalue weighted by atomic mass is 10.1. The molecule has 0 aliphatic rings. The number of urea groups is 1. The summed E-state index contributed by atoms with van der Waals surface area (Å²) >= 11 is 0. The Balaban J connectivity index is 1.51. The zero-order valence-electron chi connectivity index (χ0n) is 16.8. The van der Waals surface area contributed by atoms with Gasteiger partial charge in [-0.25, -0.2) is 14.3 Å². The number of nitrogens with zero attached hydrogens (tertiary/aromatic N) is 3. The number of carbonyl (C=O) groups excluding carboxylic acids is 3.